The summed E-state index contributed by atoms with van der Waals surface area (Å²) in [5, 5.41) is 13.1. The summed E-state index contributed by atoms with van der Waals surface area (Å²) in [6.45, 7) is 2.43. The van der Waals surface area contributed by atoms with Gasteiger partial charge in [0.25, 0.3) is 0 Å². The maximum Gasteiger partial charge on any atom is 0.230 e. The summed E-state index contributed by atoms with van der Waals surface area (Å²) < 4.78 is 5.66. The Bertz CT molecular complexity index is 1110. The van der Waals surface area contributed by atoms with Crippen molar-refractivity contribution < 1.29 is 9.53 Å². The van der Waals surface area contributed by atoms with Crippen LogP contribution in [-0.4, -0.2) is 27.5 Å². The highest BCUT2D eigenvalue weighted by molar-refractivity contribution is 5.98. The highest BCUT2D eigenvalue weighted by Crippen LogP contribution is 2.38. The van der Waals surface area contributed by atoms with E-state index in [-0.39, 0.29) is 17.7 Å². The van der Waals surface area contributed by atoms with E-state index < -0.39 is 0 Å². The number of rotatable bonds is 5. The molecule has 1 fully saturated rings. The van der Waals surface area contributed by atoms with E-state index in [1.54, 1.807) is 30.7 Å². The van der Waals surface area contributed by atoms with E-state index in [0.717, 1.165) is 10.9 Å². The van der Waals surface area contributed by atoms with Crippen molar-refractivity contribution in [1.29, 1.82) is 5.26 Å². The molecule has 0 unspecified atom stereocenters. The van der Waals surface area contributed by atoms with Gasteiger partial charge in [0.2, 0.25) is 5.91 Å². The Balaban J connectivity index is 1.69. The van der Waals surface area contributed by atoms with Gasteiger partial charge in [-0.2, -0.15) is 5.26 Å². The molecule has 1 amide bonds. The number of anilines is 2. The molecule has 28 heavy (non-hydrogen) atoms. The van der Waals surface area contributed by atoms with Gasteiger partial charge in [-0.05, 0) is 36.9 Å². The summed E-state index contributed by atoms with van der Waals surface area (Å²) in [7, 11) is 0. The number of hydrogen-bond donors (Lipinski definition) is 2. The van der Waals surface area contributed by atoms with E-state index in [0.29, 0.717) is 41.5 Å². The van der Waals surface area contributed by atoms with Gasteiger partial charge < -0.3 is 15.8 Å². The Labute approximate surface area is 161 Å². The molecule has 0 saturated heterocycles. The highest BCUT2D eigenvalue weighted by atomic mass is 16.5. The third-order valence-electron chi connectivity index (χ3n) is 4.65. The molecule has 1 aliphatic rings. The molecule has 3 heterocycles. The van der Waals surface area contributed by atoms with Crippen molar-refractivity contribution >= 4 is 28.3 Å². The Kier molecular flexibility index (Phi) is 4.49. The van der Waals surface area contributed by atoms with Gasteiger partial charge in [-0.15, -0.1) is 0 Å². The van der Waals surface area contributed by atoms with Crippen molar-refractivity contribution in [2.75, 3.05) is 17.7 Å². The third-order valence-corrected chi connectivity index (χ3v) is 4.65. The summed E-state index contributed by atoms with van der Waals surface area (Å²) in [6.07, 6.45) is 5.51. The van der Waals surface area contributed by atoms with Crippen molar-refractivity contribution in [2.24, 2.45) is 11.8 Å². The lowest BCUT2D eigenvalue weighted by Crippen LogP contribution is -2.15. The molecule has 2 atom stereocenters. The minimum absolute atomic E-state index is 0.188. The zero-order chi connectivity index (χ0) is 19.7. The number of nitriles is 1. The second-order valence-corrected chi connectivity index (χ2v) is 6.56. The zero-order valence-electron chi connectivity index (χ0n) is 15.2. The standard InChI is InChI=1S/C20H18N6O2/c1-2-28-17-3-4-23-9-15(17)16-6-11-7-18(24-10-14(11)19(22)25-16)26-20(27)13-5-12(13)8-21/h3-4,6-7,9-10,12-13H,2,5H2,1H3,(H2,22,25)(H,24,26,27)/t12-,13+/m0/s1. The minimum Gasteiger partial charge on any atom is -0.493 e. The lowest BCUT2D eigenvalue weighted by atomic mass is 10.1. The van der Waals surface area contributed by atoms with Crippen LogP contribution in [0, 0.1) is 23.2 Å². The lowest BCUT2D eigenvalue weighted by Gasteiger charge is -2.11. The van der Waals surface area contributed by atoms with Gasteiger partial charge >= 0.3 is 0 Å². The van der Waals surface area contributed by atoms with Crippen LogP contribution in [0.1, 0.15) is 13.3 Å². The fraction of sp³-hybridized carbons (Fsp3) is 0.250. The predicted molar refractivity (Wildman–Crippen MR) is 104 cm³/mol. The molecule has 3 N–H and O–H groups in total. The van der Waals surface area contributed by atoms with Crippen LogP contribution in [0.5, 0.6) is 5.75 Å². The number of carbonyl (C=O) groups is 1. The Hall–Kier alpha value is -3.73. The van der Waals surface area contributed by atoms with E-state index in [2.05, 4.69) is 26.3 Å². The van der Waals surface area contributed by atoms with Gasteiger partial charge in [0.15, 0.2) is 0 Å². The van der Waals surface area contributed by atoms with Crippen LogP contribution in [0.25, 0.3) is 22.0 Å². The normalized spacial score (nSPS) is 17.7. The molecular weight excluding hydrogens is 356 g/mol. The van der Waals surface area contributed by atoms with Crippen LogP contribution in [-0.2, 0) is 4.79 Å². The molecule has 0 aliphatic heterocycles. The van der Waals surface area contributed by atoms with E-state index in [9.17, 15) is 4.79 Å². The molecule has 4 rings (SSSR count). The number of aromatic nitrogens is 3. The van der Waals surface area contributed by atoms with Gasteiger partial charge in [-0.25, -0.2) is 9.97 Å². The van der Waals surface area contributed by atoms with Crippen LogP contribution >= 0.6 is 0 Å². The number of ether oxygens (including phenoxy) is 1. The van der Waals surface area contributed by atoms with Crippen LogP contribution in [0.2, 0.25) is 0 Å². The van der Waals surface area contributed by atoms with Crippen molar-refractivity contribution in [3.8, 4) is 23.1 Å². The fourth-order valence-corrected chi connectivity index (χ4v) is 3.08. The smallest absolute Gasteiger partial charge is 0.230 e. The Morgan fingerprint density at radius 2 is 2.29 bits per heavy atom. The molecule has 3 aromatic heterocycles. The first-order valence-corrected chi connectivity index (χ1v) is 8.94. The molecule has 8 heteroatoms. The minimum atomic E-state index is -0.260. The molecule has 0 bridgehead atoms. The first-order chi connectivity index (χ1) is 13.6. The second kappa shape index (κ2) is 7.12. The van der Waals surface area contributed by atoms with Crippen LogP contribution in [0.4, 0.5) is 11.6 Å². The van der Waals surface area contributed by atoms with Crippen LogP contribution in [0.15, 0.2) is 36.8 Å². The maximum absolute atomic E-state index is 12.2. The molecule has 3 aromatic rings. The maximum atomic E-state index is 12.2. The van der Waals surface area contributed by atoms with E-state index >= 15 is 0 Å². The van der Waals surface area contributed by atoms with Crippen LogP contribution in [0.3, 0.4) is 0 Å². The average Bonchev–Trinajstić information content (AvgIpc) is 3.48. The average molecular weight is 374 g/mol. The topological polar surface area (TPSA) is 127 Å². The van der Waals surface area contributed by atoms with E-state index in [4.69, 9.17) is 15.7 Å². The highest BCUT2D eigenvalue weighted by Gasteiger charge is 2.43. The number of nitrogens with two attached hydrogens (primary N) is 1. The summed E-state index contributed by atoms with van der Waals surface area (Å²) in [5.41, 5.74) is 7.48. The number of nitrogens with zero attached hydrogens (tertiary/aromatic N) is 4. The Morgan fingerprint density at radius 1 is 1.43 bits per heavy atom. The molecule has 0 spiro atoms. The predicted octanol–water partition coefficient (Wildman–Crippen LogP) is 2.77. The SMILES string of the molecule is CCOc1ccncc1-c1cc2cc(NC(=O)[C@@H]3C[C@H]3C#N)ncc2c(N)n1. The molecule has 140 valence electrons. The number of amides is 1. The number of fused-ring (bicyclic) bond motifs is 1. The van der Waals surface area contributed by atoms with Gasteiger partial charge in [0, 0.05) is 24.0 Å². The molecule has 0 radical (unpaired) electrons. The summed E-state index contributed by atoms with van der Waals surface area (Å²) in [4.78, 5) is 25.0. The monoisotopic (exact) mass is 374 g/mol. The molecule has 1 saturated carbocycles. The number of hydrogen-bond acceptors (Lipinski definition) is 7. The number of pyridine rings is 3. The fourth-order valence-electron chi connectivity index (χ4n) is 3.08. The molecule has 1 aliphatic carbocycles. The van der Waals surface area contributed by atoms with E-state index in [1.807, 2.05) is 13.0 Å². The number of nitrogen functional groups attached to an aromatic ring is 1. The van der Waals surface area contributed by atoms with Crippen molar-refractivity contribution in [3.63, 3.8) is 0 Å². The third kappa shape index (κ3) is 3.30. The second-order valence-electron chi connectivity index (χ2n) is 6.56. The quantitative estimate of drug-likeness (QED) is 0.703. The van der Waals surface area contributed by atoms with Crippen LogP contribution < -0.4 is 15.8 Å². The largest absolute Gasteiger partial charge is 0.493 e. The molecular formula is C20H18N6O2. The van der Waals surface area contributed by atoms with Crippen molar-refractivity contribution in [3.05, 3.63) is 36.8 Å². The zero-order valence-corrected chi connectivity index (χ0v) is 15.2. The molecule has 8 nitrogen and oxygen atoms in total. The summed E-state index contributed by atoms with van der Waals surface area (Å²) in [6, 6.07) is 7.49. The van der Waals surface area contributed by atoms with Gasteiger partial charge in [0.05, 0.1) is 35.8 Å². The van der Waals surface area contributed by atoms with Gasteiger partial charge in [-0.1, -0.05) is 0 Å². The summed E-state index contributed by atoms with van der Waals surface area (Å²) >= 11 is 0. The lowest BCUT2D eigenvalue weighted by molar-refractivity contribution is -0.117. The Morgan fingerprint density at radius 3 is 3.04 bits per heavy atom. The van der Waals surface area contributed by atoms with E-state index in [1.165, 1.54) is 0 Å². The number of nitrogens with one attached hydrogen (secondary N) is 1. The van der Waals surface area contributed by atoms with Gasteiger partial charge in [-0.3, -0.25) is 9.78 Å². The van der Waals surface area contributed by atoms with Crippen molar-refractivity contribution in [1.82, 2.24) is 15.0 Å². The van der Waals surface area contributed by atoms with Gasteiger partial charge in [0.1, 0.15) is 17.4 Å². The number of carbonyl (C=O) groups excluding carboxylic acids is 1. The first kappa shape index (κ1) is 17.7. The molecule has 0 aromatic carbocycles. The summed E-state index contributed by atoms with van der Waals surface area (Å²) in [5.74, 6) is 0.762. The first-order valence-electron chi connectivity index (χ1n) is 8.94. The van der Waals surface area contributed by atoms with Crippen molar-refractivity contribution in [2.45, 2.75) is 13.3 Å².